The first-order valence-electron chi connectivity index (χ1n) is 4.80. The summed E-state index contributed by atoms with van der Waals surface area (Å²) in [6, 6.07) is 3.85. The summed E-state index contributed by atoms with van der Waals surface area (Å²) in [7, 11) is 1.65. The van der Waals surface area contributed by atoms with Crippen LogP contribution >= 0.6 is 0 Å². The number of aliphatic hydroxyl groups excluding tert-OH is 1. The zero-order valence-electron chi connectivity index (χ0n) is 8.68. The molecule has 1 heterocycles. The van der Waals surface area contributed by atoms with E-state index < -0.39 is 0 Å². The SMILES string of the molecule is COCC(C)C(O)Cc1cccnc1. The second-order valence-corrected chi connectivity index (χ2v) is 3.57. The van der Waals surface area contributed by atoms with Crippen LogP contribution in [0.25, 0.3) is 0 Å². The van der Waals surface area contributed by atoms with Gasteiger partial charge in [-0.3, -0.25) is 4.98 Å². The standard InChI is InChI=1S/C11H17NO2/c1-9(8-14-2)11(13)6-10-4-3-5-12-7-10/h3-5,7,9,11,13H,6,8H2,1-2H3. The lowest BCUT2D eigenvalue weighted by molar-refractivity contribution is 0.0574. The minimum atomic E-state index is -0.362. The van der Waals surface area contributed by atoms with E-state index in [9.17, 15) is 5.11 Å². The van der Waals surface area contributed by atoms with Crippen LogP contribution in [0.5, 0.6) is 0 Å². The van der Waals surface area contributed by atoms with Gasteiger partial charge in [0.2, 0.25) is 0 Å². The molecule has 1 N–H and O–H groups in total. The van der Waals surface area contributed by atoms with E-state index in [1.165, 1.54) is 0 Å². The Morgan fingerprint density at radius 3 is 2.93 bits per heavy atom. The van der Waals surface area contributed by atoms with Gasteiger partial charge >= 0.3 is 0 Å². The minimum Gasteiger partial charge on any atom is -0.392 e. The Bertz CT molecular complexity index is 251. The molecule has 0 aliphatic heterocycles. The Morgan fingerprint density at radius 2 is 2.36 bits per heavy atom. The number of pyridine rings is 1. The first kappa shape index (κ1) is 11.1. The summed E-state index contributed by atoms with van der Waals surface area (Å²) in [4.78, 5) is 4.00. The average Bonchev–Trinajstić information content (AvgIpc) is 2.19. The molecule has 1 rings (SSSR count). The highest BCUT2D eigenvalue weighted by atomic mass is 16.5. The van der Waals surface area contributed by atoms with Crippen LogP contribution in [0.2, 0.25) is 0 Å². The second-order valence-electron chi connectivity index (χ2n) is 3.57. The number of methoxy groups -OCH3 is 1. The summed E-state index contributed by atoms with van der Waals surface area (Å²) in [6.45, 7) is 2.56. The summed E-state index contributed by atoms with van der Waals surface area (Å²) >= 11 is 0. The predicted molar refractivity (Wildman–Crippen MR) is 55.0 cm³/mol. The molecule has 0 spiro atoms. The van der Waals surface area contributed by atoms with Gasteiger partial charge in [0.05, 0.1) is 12.7 Å². The molecule has 3 nitrogen and oxygen atoms in total. The molecule has 0 aromatic carbocycles. The van der Waals surface area contributed by atoms with E-state index in [1.807, 2.05) is 19.1 Å². The molecule has 1 aromatic rings. The number of aromatic nitrogens is 1. The number of hydrogen-bond donors (Lipinski definition) is 1. The lowest BCUT2D eigenvalue weighted by Gasteiger charge is -2.17. The molecule has 0 aliphatic rings. The zero-order valence-corrected chi connectivity index (χ0v) is 8.68. The van der Waals surface area contributed by atoms with Crippen LogP contribution in [0.4, 0.5) is 0 Å². The third-order valence-electron chi connectivity index (χ3n) is 2.25. The van der Waals surface area contributed by atoms with E-state index in [4.69, 9.17) is 4.74 Å². The monoisotopic (exact) mass is 195 g/mol. The van der Waals surface area contributed by atoms with E-state index in [1.54, 1.807) is 19.5 Å². The number of ether oxygens (including phenoxy) is 1. The average molecular weight is 195 g/mol. The molecule has 2 atom stereocenters. The van der Waals surface area contributed by atoms with Crippen LogP contribution < -0.4 is 0 Å². The van der Waals surface area contributed by atoms with Gasteiger partial charge in [-0.25, -0.2) is 0 Å². The van der Waals surface area contributed by atoms with Gasteiger partial charge < -0.3 is 9.84 Å². The third-order valence-corrected chi connectivity index (χ3v) is 2.25. The van der Waals surface area contributed by atoms with Gasteiger partial charge in [-0.05, 0) is 11.6 Å². The molecule has 14 heavy (non-hydrogen) atoms. The van der Waals surface area contributed by atoms with Crippen LogP contribution in [0.1, 0.15) is 12.5 Å². The van der Waals surface area contributed by atoms with Crippen LogP contribution in [-0.2, 0) is 11.2 Å². The van der Waals surface area contributed by atoms with Crippen molar-refractivity contribution in [1.82, 2.24) is 4.98 Å². The van der Waals surface area contributed by atoms with E-state index in [2.05, 4.69) is 4.98 Å². The highest BCUT2D eigenvalue weighted by Gasteiger charge is 2.14. The molecule has 0 amide bonds. The number of aliphatic hydroxyl groups is 1. The van der Waals surface area contributed by atoms with Gasteiger partial charge in [0, 0.05) is 31.8 Å². The van der Waals surface area contributed by atoms with Gasteiger partial charge in [-0.2, -0.15) is 0 Å². The molecule has 2 unspecified atom stereocenters. The van der Waals surface area contributed by atoms with Gasteiger partial charge in [0.1, 0.15) is 0 Å². The minimum absolute atomic E-state index is 0.153. The van der Waals surface area contributed by atoms with Crippen molar-refractivity contribution >= 4 is 0 Å². The van der Waals surface area contributed by atoms with Crippen molar-refractivity contribution in [3.63, 3.8) is 0 Å². The molecular formula is C11H17NO2. The Labute approximate surface area is 84.7 Å². The summed E-state index contributed by atoms with van der Waals surface area (Å²) in [5, 5.41) is 9.79. The van der Waals surface area contributed by atoms with Gasteiger partial charge in [-0.1, -0.05) is 13.0 Å². The first-order valence-corrected chi connectivity index (χ1v) is 4.80. The molecule has 0 radical (unpaired) electrons. The van der Waals surface area contributed by atoms with Gasteiger partial charge in [0.25, 0.3) is 0 Å². The quantitative estimate of drug-likeness (QED) is 0.769. The third kappa shape index (κ3) is 3.44. The molecule has 0 aliphatic carbocycles. The number of nitrogens with zero attached hydrogens (tertiary/aromatic N) is 1. The van der Waals surface area contributed by atoms with Crippen molar-refractivity contribution in [2.45, 2.75) is 19.4 Å². The first-order chi connectivity index (χ1) is 6.74. The largest absolute Gasteiger partial charge is 0.392 e. The van der Waals surface area contributed by atoms with Crippen LogP contribution in [0.3, 0.4) is 0 Å². The fourth-order valence-corrected chi connectivity index (χ4v) is 1.34. The molecule has 0 fully saturated rings. The second kappa shape index (κ2) is 5.73. The summed E-state index contributed by atoms with van der Waals surface area (Å²) in [5.74, 6) is 0.153. The van der Waals surface area contributed by atoms with Crippen LogP contribution in [0.15, 0.2) is 24.5 Å². The maximum Gasteiger partial charge on any atom is 0.0628 e. The molecule has 0 bridgehead atoms. The highest BCUT2D eigenvalue weighted by Crippen LogP contribution is 2.09. The molecular weight excluding hydrogens is 178 g/mol. The number of hydrogen-bond acceptors (Lipinski definition) is 3. The predicted octanol–water partition coefficient (Wildman–Crippen LogP) is 1.27. The van der Waals surface area contributed by atoms with Crippen molar-refractivity contribution in [3.8, 4) is 0 Å². The van der Waals surface area contributed by atoms with Crippen molar-refractivity contribution in [1.29, 1.82) is 0 Å². The van der Waals surface area contributed by atoms with E-state index in [0.717, 1.165) is 5.56 Å². The van der Waals surface area contributed by atoms with Crippen LogP contribution in [-0.4, -0.2) is 29.9 Å². The normalized spacial score (nSPS) is 15.1. The molecule has 1 aromatic heterocycles. The Kier molecular flexibility index (Phi) is 4.56. The summed E-state index contributed by atoms with van der Waals surface area (Å²) in [6.07, 6.45) is 3.79. The van der Waals surface area contributed by atoms with Crippen LogP contribution in [0, 0.1) is 5.92 Å². The van der Waals surface area contributed by atoms with Gasteiger partial charge in [0.15, 0.2) is 0 Å². The zero-order chi connectivity index (χ0) is 10.4. The van der Waals surface area contributed by atoms with Crippen molar-refractivity contribution in [3.05, 3.63) is 30.1 Å². The smallest absolute Gasteiger partial charge is 0.0628 e. The van der Waals surface area contributed by atoms with Crippen molar-refractivity contribution in [2.24, 2.45) is 5.92 Å². The fraction of sp³-hybridized carbons (Fsp3) is 0.545. The topological polar surface area (TPSA) is 42.4 Å². The lowest BCUT2D eigenvalue weighted by atomic mass is 9.99. The Balaban J connectivity index is 2.44. The summed E-state index contributed by atoms with van der Waals surface area (Å²) in [5.41, 5.74) is 1.06. The Hall–Kier alpha value is -0.930. The van der Waals surface area contributed by atoms with Crippen molar-refractivity contribution in [2.75, 3.05) is 13.7 Å². The lowest BCUT2D eigenvalue weighted by Crippen LogP contribution is -2.24. The summed E-state index contributed by atoms with van der Waals surface area (Å²) < 4.78 is 4.99. The Morgan fingerprint density at radius 1 is 1.57 bits per heavy atom. The van der Waals surface area contributed by atoms with Gasteiger partial charge in [-0.15, -0.1) is 0 Å². The molecule has 0 saturated heterocycles. The molecule has 78 valence electrons. The van der Waals surface area contributed by atoms with E-state index >= 15 is 0 Å². The van der Waals surface area contributed by atoms with E-state index in [0.29, 0.717) is 13.0 Å². The van der Waals surface area contributed by atoms with Crippen molar-refractivity contribution < 1.29 is 9.84 Å². The fourth-order valence-electron chi connectivity index (χ4n) is 1.34. The maximum atomic E-state index is 9.79. The molecule has 3 heteroatoms. The highest BCUT2D eigenvalue weighted by molar-refractivity contribution is 5.09. The number of rotatable bonds is 5. The maximum absolute atomic E-state index is 9.79. The van der Waals surface area contributed by atoms with E-state index in [-0.39, 0.29) is 12.0 Å². The molecule has 0 saturated carbocycles.